The van der Waals surface area contributed by atoms with E-state index in [1.807, 2.05) is 62.4 Å². The van der Waals surface area contributed by atoms with Crippen molar-refractivity contribution < 1.29 is 9.59 Å². The number of nitrogens with one attached hydrogen (secondary N) is 1. The molecule has 5 nitrogen and oxygen atoms in total. The molecule has 0 atom stereocenters. The number of benzene rings is 3. The highest BCUT2D eigenvalue weighted by Crippen LogP contribution is 2.34. The van der Waals surface area contributed by atoms with Crippen molar-refractivity contribution in [2.75, 3.05) is 11.9 Å². The molecule has 32 heavy (non-hydrogen) atoms. The Labute approximate surface area is 191 Å². The van der Waals surface area contributed by atoms with Gasteiger partial charge in [-0.25, -0.2) is 4.98 Å². The van der Waals surface area contributed by atoms with Gasteiger partial charge in [-0.2, -0.15) is 0 Å². The average Bonchev–Trinajstić information content (AvgIpc) is 3.20. The van der Waals surface area contributed by atoms with Crippen molar-refractivity contribution in [3.63, 3.8) is 0 Å². The van der Waals surface area contributed by atoms with Gasteiger partial charge in [0.2, 0.25) is 0 Å². The van der Waals surface area contributed by atoms with E-state index in [9.17, 15) is 9.59 Å². The first-order valence-corrected chi connectivity index (χ1v) is 11.0. The number of aryl methyl sites for hydroxylation is 2. The molecule has 0 spiro atoms. The lowest BCUT2D eigenvalue weighted by molar-refractivity contribution is -0.113. The van der Waals surface area contributed by atoms with Gasteiger partial charge in [0.05, 0.1) is 15.9 Å². The summed E-state index contributed by atoms with van der Waals surface area (Å²) in [5, 5.41) is 3.22. The van der Waals surface area contributed by atoms with Gasteiger partial charge in [0, 0.05) is 18.7 Å². The molecule has 4 aromatic rings. The minimum atomic E-state index is -0.190. The number of fused-ring (bicyclic) bond motifs is 1. The fraction of sp³-hybridized carbons (Fsp3) is 0.115. The summed E-state index contributed by atoms with van der Waals surface area (Å²) in [6.07, 6.45) is 3.29. The Morgan fingerprint density at radius 1 is 0.969 bits per heavy atom. The molecule has 1 N–H and O–H groups in total. The second-order valence-electron chi connectivity index (χ2n) is 7.52. The van der Waals surface area contributed by atoms with Crippen LogP contribution in [-0.2, 0) is 4.79 Å². The highest BCUT2D eigenvalue weighted by Gasteiger charge is 2.20. The van der Waals surface area contributed by atoms with E-state index in [1.165, 1.54) is 11.3 Å². The van der Waals surface area contributed by atoms with Crippen LogP contribution >= 0.6 is 11.3 Å². The van der Waals surface area contributed by atoms with Crippen LogP contribution < -0.4 is 10.2 Å². The van der Waals surface area contributed by atoms with Crippen LogP contribution in [0.4, 0.5) is 10.8 Å². The minimum Gasteiger partial charge on any atom is -0.355 e. The van der Waals surface area contributed by atoms with Crippen molar-refractivity contribution in [2.45, 2.75) is 13.8 Å². The molecule has 1 heterocycles. The summed E-state index contributed by atoms with van der Waals surface area (Å²) in [6, 6.07) is 21.0. The lowest BCUT2D eigenvalue weighted by Gasteiger charge is -2.19. The Balaban J connectivity index is 1.70. The highest BCUT2D eigenvalue weighted by molar-refractivity contribution is 7.22. The number of thiazole rings is 1. The third-order valence-corrected chi connectivity index (χ3v) is 6.00. The first-order valence-electron chi connectivity index (χ1n) is 10.2. The Bertz CT molecular complexity index is 1270. The van der Waals surface area contributed by atoms with Crippen molar-refractivity contribution in [2.24, 2.45) is 0 Å². The van der Waals surface area contributed by atoms with Gasteiger partial charge in [-0.05, 0) is 73.0 Å². The average molecular weight is 442 g/mol. The fourth-order valence-electron chi connectivity index (χ4n) is 3.50. The molecule has 2 amide bonds. The van der Waals surface area contributed by atoms with Gasteiger partial charge in [-0.1, -0.05) is 41.7 Å². The molecular weight excluding hydrogens is 418 g/mol. The van der Waals surface area contributed by atoms with Crippen LogP contribution in [0.2, 0.25) is 0 Å². The quantitative estimate of drug-likeness (QED) is 0.407. The van der Waals surface area contributed by atoms with E-state index in [2.05, 4.69) is 11.4 Å². The van der Waals surface area contributed by atoms with E-state index in [-0.39, 0.29) is 11.8 Å². The maximum Gasteiger partial charge on any atom is 0.257 e. The third-order valence-electron chi connectivity index (χ3n) is 4.98. The monoisotopic (exact) mass is 441 g/mol. The number of aromatic nitrogens is 1. The molecule has 4 rings (SSSR count). The van der Waals surface area contributed by atoms with E-state index >= 15 is 0 Å². The zero-order valence-electron chi connectivity index (χ0n) is 18.1. The lowest BCUT2D eigenvalue weighted by Crippen LogP contribution is -2.23. The van der Waals surface area contributed by atoms with E-state index in [4.69, 9.17) is 4.98 Å². The smallest absolute Gasteiger partial charge is 0.257 e. The molecule has 0 fully saturated rings. The minimum absolute atomic E-state index is 0.145. The van der Waals surface area contributed by atoms with Gasteiger partial charge in [0.25, 0.3) is 11.8 Å². The SMILES string of the molecule is CNC(=O)c1ccc(/C=C/C(=O)N(c2cc(C)cc(C)c2)c2nc3ccccc3s2)cc1. The summed E-state index contributed by atoms with van der Waals surface area (Å²) in [4.78, 5) is 31.5. The molecule has 0 aliphatic carbocycles. The largest absolute Gasteiger partial charge is 0.355 e. The van der Waals surface area contributed by atoms with Crippen LogP contribution in [-0.4, -0.2) is 23.8 Å². The second-order valence-corrected chi connectivity index (χ2v) is 8.53. The molecule has 3 aromatic carbocycles. The van der Waals surface area contributed by atoms with E-state index in [0.29, 0.717) is 10.7 Å². The van der Waals surface area contributed by atoms with Gasteiger partial charge in [-0.3, -0.25) is 14.5 Å². The first kappa shape index (κ1) is 21.5. The van der Waals surface area contributed by atoms with Gasteiger partial charge in [0.15, 0.2) is 5.13 Å². The van der Waals surface area contributed by atoms with Crippen molar-refractivity contribution in [3.05, 3.63) is 95.1 Å². The van der Waals surface area contributed by atoms with Crippen LogP contribution in [0.1, 0.15) is 27.0 Å². The fourth-order valence-corrected chi connectivity index (χ4v) is 4.49. The summed E-state index contributed by atoms with van der Waals surface area (Å²) >= 11 is 1.49. The van der Waals surface area contributed by atoms with E-state index < -0.39 is 0 Å². The molecule has 0 saturated heterocycles. The number of hydrogen-bond donors (Lipinski definition) is 1. The van der Waals surface area contributed by atoms with Crippen molar-refractivity contribution >= 4 is 50.3 Å². The number of carbonyl (C=O) groups is 2. The lowest BCUT2D eigenvalue weighted by atomic mass is 10.1. The van der Waals surface area contributed by atoms with Gasteiger partial charge >= 0.3 is 0 Å². The molecule has 1 aromatic heterocycles. The standard InChI is InChI=1S/C26H23N3O2S/c1-17-14-18(2)16-21(15-17)29(26-28-22-6-4-5-7-23(22)32-26)24(30)13-10-19-8-11-20(12-9-19)25(31)27-3/h4-16H,1-3H3,(H,27,31)/b13-10+. The Hall–Kier alpha value is -3.77. The summed E-state index contributed by atoms with van der Waals surface area (Å²) in [6.45, 7) is 4.03. The second kappa shape index (κ2) is 9.16. The Morgan fingerprint density at radius 3 is 2.31 bits per heavy atom. The predicted molar refractivity (Wildman–Crippen MR) is 132 cm³/mol. The highest BCUT2D eigenvalue weighted by atomic mass is 32.1. The maximum absolute atomic E-state index is 13.4. The number of hydrogen-bond acceptors (Lipinski definition) is 4. The number of rotatable bonds is 5. The van der Waals surface area contributed by atoms with Crippen LogP contribution in [0, 0.1) is 13.8 Å². The number of amides is 2. The zero-order chi connectivity index (χ0) is 22.7. The molecule has 6 heteroatoms. The van der Waals surface area contributed by atoms with Crippen molar-refractivity contribution in [1.29, 1.82) is 0 Å². The normalized spacial score (nSPS) is 11.1. The van der Waals surface area contributed by atoms with Crippen LogP contribution in [0.15, 0.2) is 72.8 Å². The van der Waals surface area contributed by atoms with Crippen LogP contribution in [0.25, 0.3) is 16.3 Å². The topological polar surface area (TPSA) is 62.3 Å². The van der Waals surface area contributed by atoms with Crippen molar-refractivity contribution in [3.8, 4) is 0 Å². The van der Waals surface area contributed by atoms with Crippen molar-refractivity contribution in [1.82, 2.24) is 10.3 Å². The molecule has 0 aliphatic heterocycles. The summed E-state index contributed by atoms with van der Waals surface area (Å²) in [5.74, 6) is -0.335. The van der Waals surface area contributed by atoms with E-state index in [1.54, 1.807) is 36.2 Å². The van der Waals surface area contributed by atoms with Gasteiger partial charge in [0.1, 0.15) is 0 Å². The summed E-state index contributed by atoms with van der Waals surface area (Å²) < 4.78 is 1.03. The van der Waals surface area contributed by atoms with Gasteiger partial charge in [-0.15, -0.1) is 0 Å². The molecule has 160 valence electrons. The third kappa shape index (κ3) is 4.60. The number of anilines is 2. The van der Waals surface area contributed by atoms with Crippen LogP contribution in [0.5, 0.6) is 0 Å². The maximum atomic E-state index is 13.4. The van der Waals surface area contributed by atoms with E-state index in [0.717, 1.165) is 32.6 Å². The summed E-state index contributed by atoms with van der Waals surface area (Å²) in [7, 11) is 1.60. The summed E-state index contributed by atoms with van der Waals surface area (Å²) in [5.41, 5.74) is 5.20. The number of carbonyl (C=O) groups excluding carboxylic acids is 2. The first-order chi connectivity index (χ1) is 15.4. The predicted octanol–water partition coefficient (Wildman–Crippen LogP) is 5.65. The Kier molecular flexibility index (Phi) is 6.14. The molecular formula is C26H23N3O2S. The molecule has 0 bridgehead atoms. The number of para-hydroxylation sites is 1. The number of nitrogens with zero attached hydrogens (tertiary/aromatic N) is 2. The molecule has 0 aliphatic rings. The van der Waals surface area contributed by atoms with Crippen LogP contribution in [0.3, 0.4) is 0 Å². The van der Waals surface area contributed by atoms with Gasteiger partial charge < -0.3 is 5.32 Å². The molecule has 0 saturated carbocycles. The molecule has 0 unspecified atom stereocenters. The Morgan fingerprint density at radius 2 is 1.66 bits per heavy atom. The molecule has 0 radical (unpaired) electrons. The zero-order valence-corrected chi connectivity index (χ0v) is 18.9.